The standard InChI is InChI=1S/C23H38ClN5O4Si/c1-9-10-25-19-14-11-26-29(20(14)28-21(24)27-19)12-15-17-18(33-23(5,6)32-17)16(31-15)13-30-34(7,8)22(2,3)4/h11,15-18H,9-10,12-13H2,1-8H3,(H,25,27,28)/t15-,16-,17+,18?/m1/s1. The van der Waals surface area contributed by atoms with Crippen LogP contribution in [-0.2, 0) is 25.2 Å². The molecule has 0 bridgehead atoms. The Labute approximate surface area is 208 Å². The Kier molecular flexibility index (Phi) is 7.05. The van der Waals surface area contributed by atoms with Crippen LogP contribution in [0.3, 0.4) is 0 Å². The predicted molar refractivity (Wildman–Crippen MR) is 135 cm³/mol. The number of hydrogen-bond acceptors (Lipinski definition) is 8. The van der Waals surface area contributed by atoms with E-state index in [1.807, 2.05) is 18.5 Å². The summed E-state index contributed by atoms with van der Waals surface area (Å²) in [4.78, 5) is 8.78. The third kappa shape index (κ3) is 5.12. The van der Waals surface area contributed by atoms with E-state index in [-0.39, 0.29) is 34.7 Å². The van der Waals surface area contributed by atoms with E-state index < -0.39 is 14.1 Å². The third-order valence-electron chi connectivity index (χ3n) is 7.02. The van der Waals surface area contributed by atoms with Gasteiger partial charge in [0.2, 0.25) is 5.28 Å². The molecule has 0 spiro atoms. The molecule has 9 nitrogen and oxygen atoms in total. The highest BCUT2D eigenvalue weighted by molar-refractivity contribution is 6.74. The summed E-state index contributed by atoms with van der Waals surface area (Å²) in [5.74, 6) is 0.0112. The van der Waals surface area contributed by atoms with Gasteiger partial charge in [0, 0.05) is 6.54 Å². The molecule has 0 saturated carbocycles. The van der Waals surface area contributed by atoms with Crippen LogP contribution in [0.1, 0.15) is 48.0 Å². The Morgan fingerprint density at radius 1 is 1.18 bits per heavy atom. The Balaban J connectivity index is 1.55. The second-order valence-electron chi connectivity index (χ2n) is 11.2. The lowest BCUT2D eigenvalue weighted by atomic mass is 10.1. The molecule has 1 unspecified atom stereocenters. The van der Waals surface area contributed by atoms with Crippen molar-refractivity contribution in [2.75, 3.05) is 18.5 Å². The van der Waals surface area contributed by atoms with E-state index in [1.165, 1.54) is 0 Å². The van der Waals surface area contributed by atoms with Crippen molar-refractivity contribution in [1.82, 2.24) is 19.7 Å². The number of anilines is 1. The van der Waals surface area contributed by atoms with Crippen LogP contribution in [0.15, 0.2) is 6.20 Å². The van der Waals surface area contributed by atoms with Gasteiger partial charge in [-0.15, -0.1) is 0 Å². The second-order valence-corrected chi connectivity index (χ2v) is 16.3. The minimum atomic E-state index is -1.93. The van der Waals surface area contributed by atoms with Crippen molar-refractivity contribution >= 4 is 36.8 Å². The lowest BCUT2D eigenvalue weighted by Gasteiger charge is -2.37. The molecular formula is C23H38ClN5O4Si. The molecular weight excluding hydrogens is 474 g/mol. The first-order valence-corrected chi connectivity index (χ1v) is 15.4. The topological polar surface area (TPSA) is 92.6 Å². The molecule has 34 heavy (non-hydrogen) atoms. The van der Waals surface area contributed by atoms with Gasteiger partial charge < -0.3 is 24.0 Å². The molecule has 0 radical (unpaired) electrons. The van der Waals surface area contributed by atoms with Gasteiger partial charge in [-0.2, -0.15) is 15.1 Å². The fourth-order valence-electron chi connectivity index (χ4n) is 4.17. The van der Waals surface area contributed by atoms with Crippen molar-refractivity contribution in [2.45, 2.75) is 103 Å². The molecule has 2 saturated heterocycles. The van der Waals surface area contributed by atoms with Crippen molar-refractivity contribution in [1.29, 1.82) is 0 Å². The van der Waals surface area contributed by atoms with Gasteiger partial charge in [0.05, 0.1) is 24.7 Å². The Hall–Kier alpha value is -1.30. The average Bonchev–Trinajstić information content (AvgIpc) is 3.36. The highest BCUT2D eigenvalue weighted by atomic mass is 35.5. The zero-order valence-corrected chi connectivity index (χ0v) is 23.3. The number of ether oxygens (including phenoxy) is 3. The third-order valence-corrected chi connectivity index (χ3v) is 11.7. The number of nitrogens with zero attached hydrogens (tertiary/aromatic N) is 4. The first-order chi connectivity index (χ1) is 15.8. The van der Waals surface area contributed by atoms with Gasteiger partial charge in [-0.05, 0) is 50.0 Å². The molecule has 0 aromatic carbocycles. The molecule has 4 atom stereocenters. The maximum Gasteiger partial charge on any atom is 0.226 e. The minimum Gasteiger partial charge on any atom is -0.414 e. The molecule has 1 N–H and O–H groups in total. The van der Waals surface area contributed by atoms with E-state index in [1.54, 1.807) is 6.20 Å². The van der Waals surface area contributed by atoms with E-state index in [9.17, 15) is 0 Å². The first kappa shape index (κ1) is 25.8. The molecule has 2 aliphatic rings. The quantitative estimate of drug-likeness (QED) is 0.405. The van der Waals surface area contributed by atoms with E-state index in [4.69, 9.17) is 30.2 Å². The summed E-state index contributed by atoms with van der Waals surface area (Å²) in [5, 5.41) is 9.01. The van der Waals surface area contributed by atoms with Gasteiger partial charge >= 0.3 is 0 Å². The van der Waals surface area contributed by atoms with Crippen molar-refractivity contribution in [3.8, 4) is 0 Å². The van der Waals surface area contributed by atoms with E-state index in [2.05, 4.69) is 61.2 Å². The average molecular weight is 512 g/mol. The SMILES string of the molecule is CCCNc1nc(Cl)nc2c1cnn2C[C@H]1O[C@H](CO[Si](C)(C)C(C)(C)C)C2OC(C)(C)O[C@H]21. The van der Waals surface area contributed by atoms with Crippen molar-refractivity contribution < 1.29 is 18.6 Å². The van der Waals surface area contributed by atoms with Gasteiger partial charge in [0.25, 0.3) is 0 Å². The van der Waals surface area contributed by atoms with Gasteiger partial charge in [0.1, 0.15) is 30.2 Å². The minimum absolute atomic E-state index is 0.118. The molecule has 11 heteroatoms. The highest BCUT2D eigenvalue weighted by Gasteiger charge is 2.55. The molecule has 0 aliphatic carbocycles. The van der Waals surface area contributed by atoms with Crippen molar-refractivity contribution in [3.05, 3.63) is 11.5 Å². The molecule has 4 rings (SSSR count). The highest BCUT2D eigenvalue weighted by Crippen LogP contribution is 2.41. The van der Waals surface area contributed by atoms with Crippen LogP contribution in [0, 0.1) is 0 Å². The molecule has 4 heterocycles. The van der Waals surface area contributed by atoms with Crippen LogP contribution < -0.4 is 5.32 Å². The summed E-state index contributed by atoms with van der Waals surface area (Å²) in [6.07, 6.45) is 1.84. The van der Waals surface area contributed by atoms with Crippen LogP contribution >= 0.6 is 11.6 Å². The monoisotopic (exact) mass is 511 g/mol. The lowest BCUT2D eigenvalue weighted by molar-refractivity contribution is -0.191. The summed E-state index contributed by atoms with van der Waals surface area (Å²) in [6.45, 7) is 18.9. The zero-order valence-electron chi connectivity index (χ0n) is 21.5. The lowest BCUT2D eigenvalue weighted by Crippen LogP contribution is -2.44. The fourth-order valence-corrected chi connectivity index (χ4v) is 5.35. The first-order valence-electron chi connectivity index (χ1n) is 12.1. The van der Waals surface area contributed by atoms with Crippen LogP contribution in [-0.4, -0.2) is 71.4 Å². The Bertz CT molecular complexity index is 1020. The summed E-state index contributed by atoms with van der Waals surface area (Å²) in [7, 11) is -1.93. The molecule has 190 valence electrons. The Morgan fingerprint density at radius 2 is 1.85 bits per heavy atom. The van der Waals surface area contributed by atoms with E-state index in [0.29, 0.717) is 24.6 Å². The van der Waals surface area contributed by atoms with E-state index in [0.717, 1.165) is 18.4 Å². The largest absolute Gasteiger partial charge is 0.414 e. The predicted octanol–water partition coefficient (Wildman–Crippen LogP) is 4.61. The molecule has 2 aromatic rings. The number of halogens is 1. The zero-order chi connectivity index (χ0) is 24.9. The number of aromatic nitrogens is 4. The van der Waals surface area contributed by atoms with Gasteiger partial charge in [-0.25, -0.2) is 4.68 Å². The summed E-state index contributed by atoms with van der Waals surface area (Å²) < 4.78 is 27.3. The van der Waals surface area contributed by atoms with Gasteiger partial charge in [0.15, 0.2) is 19.8 Å². The van der Waals surface area contributed by atoms with Crippen molar-refractivity contribution in [2.24, 2.45) is 0 Å². The Morgan fingerprint density at radius 3 is 2.50 bits per heavy atom. The summed E-state index contributed by atoms with van der Waals surface area (Å²) in [6, 6.07) is 0. The number of hydrogen-bond donors (Lipinski definition) is 1. The number of rotatable bonds is 8. The smallest absolute Gasteiger partial charge is 0.226 e. The molecule has 2 fully saturated rings. The van der Waals surface area contributed by atoms with Crippen LogP contribution in [0.5, 0.6) is 0 Å². The van der Waals surface area contributed by atoms with E-state index >= 15 is 0 Å². The van der Waals surface area contributed by atoms with Gasteiger partial charge in [-0.3, -0.25) is 0 Å². The number of fused-ring (bicyclic) bond motifs is 2. The van der Waals surface area contributed by atoms with Crippen LogP contribution in [0.2, 0.25) is 23.4 Å². The molecule has 0 amide bonds. The summed E-state index contributed by atoms with van der Waals surface area (Å²) in [5.41, 5.74) is 0.665. The molecule has 2 aromatic heterocycles. The van der Waals surface area contributed by atoms with Crippen molar-refractivity contribution in [3.63, 3.8) is 0 Å². The number of nitrogens with one attached hydrogen (secondary N) is 1. The second kappa shape index (κ2) is 9.29. The molecule has 2 aliphatic heterocycles. The van der Waals surface area contributed by atoms with Crippen LogP contribution in [0.4, 0.5) is 5.82 Å². The maximum absolute atomic E-state index is 6.49. The van der Waals surface area contributed by atoms with Gasteiger partial charge in [-0.1, -0.05) is 27.7 Å². The maximum atomic E-state index is 6.49. The summed E-state index contributed by atoms with van der Waals surface area (Å²) >= 11 is 6.23. The normalized spacial score (nSPS) is 26.9. The fraction of sp³-hybridized carbons (Fsp3) is 0.783. The van der Waals surface area contributed by atoms with Crippen LogP contribution in [0.25, 0.3) is 11.0 Å².